The molecule has 0 fully saturated rings. The second-order valence-corrected chi connectivity index (χ2v) is 9.04. The number of thiazole rings is 1. The quantitative estimate of drug-likeness (QED) is 0.228. The first kappa shape index (κ1) is 21.3. The highest BCUT2D eigenvalue weighted by Gasteiger charge is 2.20. The lowest BCUT2D eigenvalue weighted by atomic mass is 10.1. The van der Waals surface area contributed by atoms with Crippen LogP contribution in [0.2, 0.25) is 0 Å². The summed E-state index contributed by atoms with van der Waals surface area (Å²) in [6.07, 6.45) is 0.884. The normalized spacial score (nSPS) is 11.0. The summed E-state index contributed by atoms with van der Waals surface area (Å²) in [4.78, 5) is 43.4. The molecule has 0 saturated carbocycles. The highest BCUT2D eigenvalue weighted by molar-refractivity contribution is 8.01. The van der Waals surface area contributed by atoms with Gasteiger partial charge in [-0.25, -0.2) is 4.98 Å². The number of ether oxygens (including phenoxy) is 1. The average molecular weight is 431 g/mol. The molecule has 0 atom stereocenters. The molecule has 1 N–H and O–H groups in total. The maximum atomic E-state index is 12.3. The third-order valence-electron chi connectivity index (χ3n) is 4.46. The van der Waals surface area contributed by atoms with Crippen LogP contribution in [0.5, 0.6) is 0 Å². The zero-order valence-electron chi connectivity index (χ0n) is 16.5. The molecule has 0 spiro atoms. The van der Waals surface area contributed by atoms with Gasteiger partial charge in [-0.05, 0) is 44.9 Å². The summed E-state index contributed by atoms with van der Waals surface area (Å²) in [7, 11) is 0. The number of aryl methyl sites for hydroxylation is 1. The van der Waals surface area contributed by atoms with E-state index in [0.29, 0.717) is 28.9 Å². The number of para-hydroxylation sites is 1. The largest absolute Gasteiger partial charge is 0.457 e. The number of ketones is 2. The van der Waals surface area contributed by atoms with Gasteiger partial charge in [-0.1, -0.05) is 23.9 Å². The maximum Gasteiger partial charge on any atom is 0.306 e. The Morgan fingerprint density at radius 3 is 2.66 bits per heavy atom. The minimum absolute atomic E-state index is 0.0991. The van der Waals surface area contributed by atoms with Gasteiger partial charge in [0, 0.05) is 23.4 Å². The van der Waals surface area contributed by atoms with E-state index in [9.17, 15) is 14.4 Å². The van der Waals surface area contributed by atoms with Crippen molar-refractivity contribution in [2.75, 3.05) is 12.4 Å². The number of nitrogens with one attached hydrogen (secondary N) is 1. The van der Waals surface area contributed by atoms with Gasteiger partial charge in [0.15, 0.2) is 16.7 Å². The van der Waals surface area contributed by atoms with Crippen molar-refractivity contribution in [2.24, 2.45) is 0 Å². The van der Waals surface area contributed by atoms with Crippen LogP contribution in [0, 0.1) is 13.8 Å². The fraction of sp³-hybridized carbons (Fsp3) is 0.333. The van der Waals surface area contributed by atoms with Crippen molar-refractivity contribution in [3.05, 3.63) is 46.8 Å². The van der Waals surface area contributed by atoms with E-state index in [1.807, 2.05) is 24.3 Å². The number of aromatic amines is 1. The number of thioether (sulfide) groups is 1. The Bertz CT molecular complexity index is 1040. The average Bonchev–Trinajstić information content (AvgIpc) is 3.23. The zero-order valence-corrected chi connectivity index (χ0v) is 18.2. The van der Waals surface area contributed by atoms with Crippen LogP contribution in [0.15, 0.2) is 28.6 Å². The summed E-state index contributed by atoms with van der Waals surface area (Å²) in [6, 6.07) is 7.98. The highest BCUT2D eigenvalue weighted by Crippen LogP contribution is 2.29. The van der Waals surface area contributed by atoms with Crippen LogP contribution >= 0.6 is 23.1 Å². The maximum absolute atomic E-state index is 12.3. The molecule has 2 heterocycles. The molecule has 0 aliphatic rings. The second-order valence-electron chi connectivity index (χ2n) is 6.66. The first-order valence-corrected chi connectivity index (χ1v) is 11.0. The molecule has 152 valence electrons. The monoisotopic (exact) mass is 430 g/mol. The molecule has 0 bridgehead atoms. The number of hydrogen-bond donors (Lipinski definition) is 1. The lowest BCUT2D eigenvalue weighted by molar-refractivity contribution is -0.142. The Hall–Kier alpha value is -2.45. The van der Waals surface area contributed by atoms with E-state index in [4.69, 9.17) is 4.74 Å². The third-order valence-corrected chi connectivity index (χ3v) is 6.72. The number of Topliss-reactive ketones (excluding diaryl/α,β-unsaturated/α-hetero) is 2. The van der Waals surface area contributed by atoms with Crippen LogP contribution < -0.4 is 0 Å². The first-order chi connectivity index (χ1) is 13.9. The number of carbonyl (C=O) groups excluding carboxylic acids is 3. The number of aromatic nitrogens is 2. The van der Waals surface area contributed by atoms with E-state index in [1.54, 1.807) is 36.9 Å². The van der Waals surface area contributed by atoms with Crippen molar-refractivity contribution < 1.29 is 19.1 Å². The number of hydrogen-bond acceptors (Lipinski definition) is 7. The molecule has 0 aliphatic carbocycles. The fourth-order valence-corrected chi connectivity index (χ4v) is 5.21. The second kappa shape index (κ2) is 9.37. The number of H-pyrrole nitrogens is 1. The van der Waals surface area contributed by atoms with Crippen LogP contribution in [0.1, 0.15) is 51.9 Å². The molecule has 6 nitrogen and oxygen atoms in total. The van der Waals surface area contributed by atoms with Gasteiger partial charge in [0.05, 0.1) is 15.9 Å². The topological polar surface area (TPSA) is 89.1 Å². The minimum atomic E-state index is -0.407. The number of esters is 1. The van der Waals surface area contributed by atoms with Crippen molar-refractivity contribution in [1.29, 1.82) is 0 Å². The van der Waals surface area contributed by atoms with E-state index in [0.717, 1.165) is 20.3 Å². The van der Waals surface area contributed by atoms with Crippen LogP contribution in [0.3, 0.4) is 0 Å². The first-order valence-electron chi connectivity index (χ1n) is 9.24. The summed E-state index contributed by atoms with van der Waals surface area (Å²) in [6.45, 7) is 4.59. The summed E-state index contributed by atoms with van der Waals surface area (Å²) in [5.41, 5.74) is 3.08. The summed E-state index contributed by atoms with van der Waals surface area (Å²) in [5, 5.41) is 0. The number of benzene rings is 1. The lowest BCUT2D eigenvalue weighted by Gasteiger charge is -2.04. The van der Waals surface area contributed by atoms with Gasteiger partial charge in [-0.3, -0.25) is 14.4 Å². The predicted molar refractivity (Wildman–Crippen MR) is 115 cm³/mol. The molecule has 1 aromatic carbocycles. The molecule has 3 aromatic rings. The Balaban J connectivity index is 1.42. The molecule has 29 heavy (non-hydrogen) atoms. The van der Waals surface area contributed by atoms with Crippen LogP contribution in [-0.4, -0.2) is 39.9 Å². The van der Waals surface area contributed by atoms with E-state index < -0.39 is 5.97 Å². The van der Waals surface area contributed by atoms with Crippen molar-refractivity contribution in [1.82, 2.24) is 9.97 Å². The molecule has 3 rings (SSSR count). The summed E-state index contributed by atoms with van der Waals surface area (Å²) < 4.78 is 7.24. The van der Waals surface area contributed by atoms with Crippen molar-refractivity contribution in [3.8, 4) is 0 Å². The molecule has 0 unspecified atom stereocenters. The summed E-state index contributed by atoms with van der Waals surface area (Å²) >= 11 is 3.25. The molecule has 0 radical (unpaired) electrons. The van der Waals surface area contributed by atoms with Crippen molar-refractivity contribution in [3.63, 3.8) is 0 Å². The van der Waals surface area contributed by atoms with Crippen LogP contribution in [-0.2, 0) is 9.53 Å². The lowest BCUT2D eigenvalue weighted by Crippen LogP contribution is -2.15. The standard InChI is InChI=1S/C21H22N2O4S2/c1-12-19(14(3)24)13(2)22-20(12)16(25)11-27-18(26)9-6-10-28-21-23-15-7-4-5-8-17(15)29-21/h4-5,7-8,22H,6,9-11H2,1-3H3. The fourth-order valence-electron chi connectivity index (χ4n) is 3.14. The Labute approximate surface area is 177 Å². The zero-order chi connectivity index (χ0) is 21.0. The van der Waals surface area contributed by atoms with Crippen molar-refractivity contribution in [2.45, 2.75) is 38.0 Å². The smallest absolute Gasteiger partial charge is 0.306 e. The van der Waals surface area contributed by atoms with E-state index in [2.05, 4.69) is 9.97 Å². The van der Waals surface area contributed by atoms with Gasteiger partial charge >= 0.3 is 5.97 Å². The molecule has 2 aromatic heterocycles. The Morgan fingerprint density at radius 1 is 1.21 bits per heavy atom. The van der Waals surface area contributed by atoms with Gasteiger partial charge in [0.1, 0.15) is 0 Å². The number of carbonyl (C=O) groups is 3. The summed E-state index contributed by atoms with van der Waals surface area (Å²) in [5.74, 6) is -0.0936. The number of rotatable bonds is 9. The van der Waals surface area contributed by atoms with Gasteiger partial charge in [-0.15, -0.1) is 11.3 Å². The Morgan fingerprint density at radius 2 is 1.97 bits per heavy atom. The Kier molecular flexibility index (Phi) is 6.87. The van der Waals surface area contributed by atoms with E-state index in [-0.39, 0.29) is 24.6 Å². The van der Waals surface area contributed by atoms with E-state index >= 15 is 0 Å². The predicted octanol–water partition coefficient (Wildman–Crippen LogP) is 4.74. The molecule has 8 heteroatoms. The number of nitrogens with zero attached hydrogens (tertiary/aromatic N) is 1. The molecular formula is C21H22N2O4S2. The van der Waals surface area contributed by atoms with Crippen molar-refractivity contribution >= 4 is 50.9 Å². The highest BCUT2D eigenvalue weighted by atomic mass is 32.2. The van der Waals surface area contributed by atoms with Gasteiger partial charge in [0.25, 0.3) is 0 Å². The molecule has 0 aliphatic heterocycles. The molecule has 0 saturated heterocycles. The SMILES string of the molecule is CC(=O)c1c(C)[nH]c(C(=O)COC(=O)CCCSc2nc3ccccc3s2)c1C. The number of fused-ring (bicyclic) bond motifs is 1. The third kappa shape index (κ3) is 5.13. The molecular weight excluding hydrogens is 408 g/mol. The van der Waals surface area contributed by atoms with Crippen LogP contribution in [0.25, 0.3) is 10.2 Å². The van der Waals surface area contributed by atoms with Crippen LogP contribution in [0.4, 0.5) is 0 Å². The molecule has 0 amide bonds. The van der Waals surface area contributed by atoms with E-state index in [1.165, 1.54) is 6.92 Å². The van der Waals surface area contributed by atoms with Gasteiger partial charge in [-0.2, -0.15) is 0 Å². The van der Waals surface area contributed by atoms with Gasteiger partial charge < -0.3 is 9.72 Å². The minimum Gasteiger partial charge on any atom is -0.457 e. The van der Waals surface area contributed by atoms with Gasteiger partial charge in [0.2, 0.25) is 5.78 Å².